The quantitative estimate of drug-likeness (QED) is 0.0397. The Morgan fingerprint density at radius 3 is 2.15 bits per heavy atom. The first-order chi connectivity index (χ1) is 22.5. The van der Waals surface area contributed by atoms with E-state index in [1.165, 1.54) is 11.9 Å². The number of rotatable bonds is 21. The van der Waals surface area contributed by atoms with Gasteiger partial charge in [0.25, 0.3) is 0 Å². The third-order valence-electron chi connectivity index (χ3n) is 7.01. The van der Waals surface area contributed by atoms with Gasteiger partial charge in [-0.1, -0.05) is 36.8 Å². The van der Waals surface area contributed by atoms with E-state index in [4.69, 9.17) is 4.74 Å². The van der Waals surface area contributed by atoms with Crippen molar-refractivity contribution in [3.8, 4) is 0 Å². The summed E-state index contributed by atoms with van der Waals surface area (Å²) in [7, 11) is 3.07. The number of carbonyl (C=O) groups is 8. The first-order valence-corrected chi connectivity index (χ1v) is 15.2. The van der Waals surface area contributed by atoms with Crippen molar-refractivity contribution in [3.05, 3.63) is 35.9 Å². The topological polar surface area (TPSA) is 233 Å². The number of nitrogens with one attached hydrogen (secondary N) is 7. The number of hydrogen-bond donors (Lipinski definition) is 7. The van der Waals surface area contributed by atoms with Gasteiger partial charge in [-0.2, -0.15) is 0 Å². The number of likely N-dealkylation sites (N-methyl/N-ethyl adjacent to an activating group) is 2. The number of ether oxygens (including phenoxy) is 1. The van der Waals surface area contributed by atoms with Crippen LogP contribution in [0.15, 0.2) is 30.3 Å². The lowest BCUT2D eigenvalue weighted by Gasteiger charge is -2.19. The van der Waals surface area contributed by atoms with Crippen LogP contribution in [0.5, 0.6) is 0 Å². The Hall–Kier alpha value is -4.90. The lowest BCUT2D eigenvalue weighted by Crippen LogP contribution is -2.52. The van der Waals surface area contributed by atoms with E-state index in [1.54, 1.807) is 37.4 Å². The fourth-order valence-electron chi connectivity index (χ4n) is 4.39. The molecule has 7 N–H and O–H groups in total. The fourth-order valence-corrected chi connectivity index (χ4v) is 4.39. The van der Waals surface area contributed by atoms with Crippen LogP contribution >= 0.6 is 0 Å². The second-order valence-corrected chi connectivity index (χ2v) is 10.6. The molecule has 1 fully saturated rings. The molecule has 1 aromatic rings. The highest BCUT2D eigenvalue weighted by Gasteiger charge is 2.36. The molecular formula is C30H44N8O9. The average molecular weight is 661 g/mol. The van der Waals surface area contributed by atoms with Crippen molar-refractivity contribution >= 4 is 47.3 Å². The Bertz CT molecular complexity index is 1260. The minimum atomic E-state index is -1.06. The molecule has 2 atom stereocenters. The SMILES string of the molecule is CNC(=O)COCNC(=O)CNC(=O)C(Cc1ccccc1)NC(=O)CNC(=O)CNC(=O)CCCCCN1C(=O)CC(NC)C1=O. The fraction of sp³-hybridized carbons (Fsp3) is 0.533. The molecule has 47 heavy (non-hydrogen) atoms. The van der Waals surface area contributed by atoms with E-state index in [9.17, 15) is 38.4 Å². The summed E-state index contributed by atoms with van der Waals surface area (Å²) in [6.07, 6.45) is 2.07. The molecule has 0 spiro atoms. The Kier molecular flexibility index (Phi) is 17.1. The van der Waals surface area contributed by atoms with Crippen LogP contribution in [0, 0.1) is 0 Å². The smallest absolute Gasteiger partial charge is 0.246 e. The van der Waals surface area contributed by atoms with Gasteiger partial charge in [0.15, 0.2) is 0 Å². The molecule has 1 aliphatic rings. The van der Waals surface area contributed by atoms with Crippen molar-refractivity contribution in [3.63, 3.8) is 0 Å². The van der Waals surface area contributed by atoms with Crippen molar-refractivity contribution in [2.75, 3.05) is 53.6 Å². The number of benzene rings is 1. The molecule has 17 heteroatoms. The van der Waals surface area contributed by atoms with E-state index >= 15 is 0 Å². The van der Waals surface area contributed by atoms with Gasteiger partial charge in [-0.15, -0.1) is 0 Å². The summed E-state index contributed by atoms with van der Waals surface area (Å²) in [4.78, 5) is 98.2. The largest absolute Gasteiger partial charge is 0.357 e. The van der Waals surface area contributed by atoms with Crippen LogP contribution in [0.1, 0.15) is 37.7 Å². The number of nitrogens with zero attached hydrogens (tertiary/aromatic N) is 1. The van der Waals surface area contributed by atoms with Crippen LogP contribution in [-0.2, 0) is 49.5 Å². The summed E-state index contributed by atoms with van der Waals surface area (Å²) in [5.74, 6) is -3.68. The van der Waals surface area contributed by atoms with Gasteiger partial charge in [0, 0.05) is 26.4 Å². The first kappa shape index (κ1) is 38.3. The predicted octanol–water partition coefficient (Wildman–Crippen LogP) is -3.19. The van der Waals surface area contributed by atoms with Gasteiger partial charge in [0.1, 0.15) is 19.4 Å². The highest BCUT2D eigenvalue weighted by atomic mass is 16.5. The first-order valence-electron chi connectivity index (χ1n) is 15.2. The molecule has 8 amide bonds. The predicted molar refractivity (Wildman–Crippen MR) is 167 cm³/mol. The van der Waals surface area contributed by atoms with Crippen molar-refractivity contribution in [1.29, 1.82) is 0 Å². The number of unbranched alkanes of at least 4 members (excludes halogenated alkanes) is 2. The van der Waals surface area contributed by atoms with Gasteiger partial charge in [-0.05, 0) is 25.5 Å². The maximum absolute atomic E-state index is 12.9. The van der Waals surface area contributed by atoms with Crippen molar-refractivity contribution in [2.45, 2.75) is 50.6 Å². The van der Waals surface area contributed by atoms with Crippen molar-refractivity contribution < 1.29 is 43.1 Å². The van der Waals surface area contributed by atoms with E-state index in [0.717, 1.165) is 5.56 Å². The molecule has 0 saturated carbocycles. The highest BCUT2D eigenvalue weighted by Crippen LogP contribution is 2.14. The van der Waals surface area contributed by atoms with Crippen molar-refractivity contribution in [2.24, 2.45) is 0 Å². The van der Waals surface area contributed by atoms with Crippen LogP contribution in [0.25, 0.3) is 0 Å². The minimum Gasteiger partial charge on any atom is -0.357 e. The second-order valence-electron chi connectivity index (χ2n) is 10.6. The van der Waals surface area contributed by atoms with Crippen LogP contribution < -0.4 is 37.2 Å². The molecule has 0 aliphatic carbocycles. The maximum atomic E-state index is 12.9. The van der Waals surface area contributed by atoms with Crippen molar-refractivity contribution in [1.82, 2.24) is 42.1 Å². The van der Waals surface area contributed by atoms with Gasteiger partial charge < -0.3 is 42.0 Å². The number of carbonyl (C=O) groups excluding carboxylic acids is 8. The number of imide groups is 1. The molecule has 0 radical (unpaired) electrons. The molecular weight excluding hydrogens is 616 g/mol. The monoisotopic (exact) mass is 660 g/mol. The lowest BCUT2D eigenvalue weighted by atomic mass is 10.1. The van der Waals surface area contributed by atoms with Gasteiger partial charge in [-0.3, -0.25) is 43.3 Å². The minimum absolute atomic E-state index is 0.111. The highest BCUT2D eigenvalue weighted by molar-refractivity contribution is 6.05. The third kappa shape index (κ3) is 14.8. The van der Waals surface area contributed by atoms with Gasteiger partial charge in [0.05, 0.1) is 32.1 Å². The molecule has 258 valence electrons. The summed E-state index contributed by atoms with van der Waals surface area (Å²) in [5, 5.41) is 17.4. The molecule has 1 aliphatic heterocycles. The molecule has 17 nitrogen and oxygen atoms in total. The van der Waals surface area contributed by atoms with E-state index in [1.807, 2.05) is 0 Å². The molecule has 1 aromatic carbocycles. The Morgan fingerprint density at radius 2 is 1.47 bits per heavy atom. The van der Waals surface area contributed by atoms with E-state index in [-0.39, 0.29) is 62.8 Å². The number of amides is 8. The van der Waals surface area contributed by atoms with E-state index in [0.29, 0.717) is 25.8 Å². The summed E-state index contributed by atoms with van der Waals surface area (Å²) in [6.45, 7) is -1.42. The summed E-state index contributed by atoms with van der Waals surface area (Å²) in [5.41, 5.74) is 0.743. The molecule has 0 bridgehead atoms. The number of hydrogen-bond acceptors (Lipinski definition) is 10. The summed E-state index contributed by atoms with van der Waals surface area (Å²) in [6, 6.07) is 7.32. The number of likely N-dealkylation sites (tertiary alicyclic amines) is 1. The Balaban J connectivity index is 1.69. The zero-order valence-corrected chi connectivity index (χ0v) is 26.6. The molecule has 1 saturated heterocycles. The molecule has 2 rings (SSSR count). The summed E-state index contributed by atoms with van der Waals surface area (Å²) >= 11 is 0. The van der Waals surface area contributed by atoms with Crippen LogP contribution in [-0.4, -0.2) is 118 Å². The van der Waals surface area contributed by atoms with E-state index < -0.39 is 48.8 Å². The Morgan fingerprint density at radius 1 is 0.809 bits per heavy atom. The zero-order valence-electron chi connectivity index (χ0n) is 26.6. The van der Waals surface area contributed by atoms with Gasteiger partial charge in [-0.25, -0.2) is 0 Å². The molecule has 1 heterocycles. The standard InChI is InChI=1S/C30H44N8O9/c1-31-22-14-28(44)38(30(22)46)12-8-4-7-11-23(39)33-15-24(40)34-17-26(42)37-21(13-20-9-5-3-6-10-20)29(45)35-16-25(41)36-19-47-18-27(43)32-2/h3,5-6,9-10,21-22,31H,4,7-8,11-19H2,1-2H3,(H,32,43)(H,33,39)(H,34,40)(H,35,45)(H,36,41)(H,37,42). The van der Waals surface area contributed by atoms with Crippen LogP contribution in [0.4, 0.5) is 0 Å². The summed E-state index contributed by atoms with van der Waals surface area (Å²) < 4.78 is 4.98. The zero-order chi connectivity index (χ0) is 34.6. The molecule has 2 unspecified atom stereocenters. The lowest BCUT2D eigenvalue weighted by molar-refractivity contribution is -0.139. The van der Waals surface area contributed by atoms with E-state index in [2.05, 4.69) is 37.2 Å². The maximum Gasteiger partial charge on any atom is 0.246 e. The van der Waals surface area contributed by atoms with Crippen LogP contribution in [0.2, 0.25) is 0 Å². The average Bonchev–Trinajstić information content (AvgIpc) is 3.34. The normalized spacial score (nSPS) is 14.6. The second kappa shape index (κ2) is 21.0. The Labute approximate surface area is 272 Å². The molecule has 0 aromatic heterocycles. The van der Waals surface area contributed by atoms with Gasteiger partial charge >= 0.3 is 0 Å². The third-order valence-corrected chi connectivity index (χ3v) is 7.01. The van der Waals surface area contributed by atoms with Gasteiger partial charge in [0.2, 0.25) is 47.3 Å². The van der Waals surface area contributed by atoms with Crippen LogP contribution in [0.3, 0.4) is 0 Å².